The van der Waals surface area contributed by atoms with Crippen LogP contribution in [0.5, 0.6) is 0 Å². The number of rotatable bonds is 5. The van der Waals surface area contributed by atoms with Gasteiger partial charge in [-0.15, -0.1) is 0 Å². The molecule has 3 aromatic rings. The van der Waals surface area contributed by atoms with E-state index in [1.807, 2.05) is 44.5 Å². The number of nitrogens with zero attached hydrogens (tertiary/aromatic N) is 5. The zero-order valence-corrected chi connectivity index (χ0v) is 25.1. The maximum atomic E-state index is 15.8. The smallest absolute Gasteiger partial charge is 0.372 e. The van der Waals surface area contributed by atoms with Gasteiger partial charge < -0.3 is 19.9 Å². The van der Waals surface area contributed by atoms with E-state index in [0.29, 0.717) is 43.4 Å². The number of likely N-dealkylation sites (N-methyl/N-ethyl adjacent to an activating group) is 1. The average molecular weight is 619 g/mol. The van der Waals surface area contributed by atoms with Crippen molar-refractivity contribution in [1.82, 2.24) is 14.9 Å². The monoisotopic (exact) mass is 618 g/mol. The van der Waals surface area contributed by atoms with E-state index in [4.69, 9.17) is 4.74 Å². The van der Waals surface area contributed by atoms with Gasteiger partial charge in [0.05, 0.1) is 34.7 Å². The summed E-state index contributed by atoms with van der Waals surface area (Å²) in [7, 11) is 1.98. The molecule has 13 heteroatoms. The number of halogens is 5. The number of benzene rings is 2. The van der Waals surface area contributed by atoms with Gasteiger partial charge in [0.2, 0.25) is 5.95 Å². The van der Waals surface area contributed by atoms with Crippen molar-refractivity contribution in [2.45, 2.75) is 58.2 Å². The highest BCUT2D eigenvalue weighted by atomic mass is 19.4. The highest BCUT2D eigenvalue weighted by molar-refractivity contribution is 6.07. The zero-order chi connectivity index (χ0) is 31.9. The molecule has 2 aliphatic rings. The highest BCUT2D eigenvalue weighted by Gasteiger charge is 2.36. The number of ether oxygens (including phenoxy) is 1. The molecule has 8 nitrogen and oxygen atoms in total. The second kappa shape index (κ2) is 12.3. The summed E-state index contributed by atoms with van der Waals surface area (Å²) in [5.41, 5.74) is -1.36. The summed E-state index contributed by atoms with van der Waals surface area (Å²) < 4.78 is 76.5. The second-order valence-corrected chi connectivity index (χ2v) is 11.7. The fraction of sp³-hybridized carbons (Fsp3) is 0.452. The molecule has 44 heavy (non-hydrogen) atoms. The number of anilines is 3. The maximum absolute atomic E-state index is 15.8. The summed E-state index contributed by atoms with van der Waals surface area (Å²) in [5, 5.41) is 2.56. The molecule has 0 spiro atoms. The summed E-state index contributed by atoms with van der Waals surface area (Å²) in [6, 6.07) is 4.66. The van der Waals surface area contributed by atoms with Crippen LogP contribution >= 0.6 is 0 Å². The summed E-state index contributed by atoms with van der Waals surface area (Å²) in [6.45, 7) is 10.1. The van der Waals surface area contributed by atoms with Gasteiger partial charge in [-0.05, 0) is 65.1 Å². The van der Waals surface area contributed by atoms with Crippen molar-refractivity contribution < 1.29 is 31.5 Å². The molecule has 0 radical (unpaired) electrons. The molecule has 2 fully saturated rings. The summed E-state index contributed by atoms with van der Waals surface area (Å²) in [4.78, 5) is 28.2. The predicted octanol–water partition coefficient (Wildman–Crippen LogP) is 5.84. The SMILES string of the molecule is CC1CN(c2ncc(-c3cc(NC(=O)c4ccc(F)cc4C(F)(F)F)c(N4CC(C)N(C)C(C)C4)cc3F)cn2)CC(C)O1. The molecule has 2 saturated heterocycles. The van der Waals surface area contributed by atoms with E-state index in [1.54, 1.807) is 0 Å². The Morgan fingerprint density at radius 3 is 2.11 bits per heavy atom. The van der Waals surface area contributed by atoms with Gasteiger partial charge >= 0.3 is 6.18 Å². The first-order valence-electron chi connectivity index (χ1n) is 14.4. The Kier molecular flexibility index (Phi) is 8.81. The zero-order valence-electron chi connectivity index (χ0n) is 25.1. The first kappa shape index (κ1) is 31.6. The predicted molar refractivity (Wildman–Crippen MR) is 158 cm³/mol. The molecule has 4 unspecified atom stereocenters. The third kappa shape index (κ3) is 6.63. The molecule has 2 aromatic carbocycles. The highest BCUT2D eigenvalue weighted by Crippen LogP contribution is 2.38. The van der Waals surface area contributed by atoms with E-state index in [1.165, 1.54) is 24.5 Å². The third-order valence-electron chi connectivity index (χ3n) is 8.22. The Bertz CT molecular complexity index is 1500. The lowest BCUT2D eigenvalue weighted by molar-refractivity contribution is -0.138. The van der Waals surface area contributed by atoms with Crippen LogP contribution in [0, 0.1) is 11.6 Å². The molecule has 5 rings (SSSR count). The number of alkyl halides is 3. The lowest BCUT2D eigenvalue weighted by Crippen LogP contribution is -2.55. The normalized spacial score (nSPS) is 23.1. The number of piperazine rings is 1. The minimum absolute atomic E-state index is 0.0165. The van der Waals surface area contributed by atoms with E-state index in [0.717, 1.165) is 12.1 Å². The van der Waals surface area contributed by atoms with Crippen molar-refractivity contribution in [3.8, 4) is 11.1 Å². The molecular formula is C31H35F5N6O2. The summed E-state index contributed by atoms with van der Waals surface area (Å²) in [5.74, 6) is -2.38. The van der Waals surface area contributed by atoms with Crippen LogP contribution in [-0.2, 0) is 10.9 Å². The van der Waals surface area contributed by atoms with E-state index in [-0.39, 0.29) is 41.6 Å². The Hall–Kier alpha value is -3.84. The van der Waals surface area contributed by atoms with Crippen LogP contribution in [0.3, 0.4) is 0 Å². The lowest BCUT2D eigenvalue weighted by Gasteiger charge is -2.44. The first-order valence-corrected chi connectivity index (χ1v) is 14.4. The molecule has 1 amide bonds. The summed E-state index contributed by atoms with van der Waals surface area (Å²) >= 11 is 0. The van der Waals surface area contributed by atoms with E-state index in [9.17, 15) is 22.4 Å². The standard InChI is InChI=1S/C31H35F5N6O2/c1-17-13-41(14-18(2)40(17)5)28-10-26(33)24(21-11-37-30(38-12-21)42-15-19(3)44-20(4)16-42)9-27(28)39-29(43)23-7-6-22(32)8-25(23)31(34,35)36/h6-12,17-20H,13-16H2,1-5H3,(H,39,43). The van der Waals surface area contributed by atoms with Gasteiger partial charge in [0.1, 0.15) is 11.6 Å². The molecule has 236 valence electrons. The van der Waals surface area contributed by atoms with Crippen LogP contribution in [0.4, 0.5) is 39.3 Å². The quantitative estimate of drug-likeness (QED) is 0.361. The van der Waals surface area contributed by atoms with Crippen LogP contribution in [0.15, 0.2) is 42.7 Å². The number of hydrogen-bond donors (Lipinski definition) is 1. The number of nitrogens with one attached hydrogen (secondary N) is 1. The number of hydrogen-bond acceptors (Lipinski definition) is 7. The van der Waals surface area contributed by atoms with Crippen LogP contribution < -0.4 is 15.1 Å². The maximum Gasteiger partial charge on any atom is 0.417 e. The number of amides is 1. The van der Waals surface area contributed by atoms with Crippen LogP contribution in [0.2, 0.25) is 0 Å². The van der Waals surface area contributed by atoms with Gasteiger partial charge in [-0.3, -0.25) is 9.69 Å². The fourth-order valence-corrected chi connectivity index (χ4v) is 5.85. The lowest BCUT2D eigenvalue weighted by atomic mass is 10.0. The molecule has 1 aromatic heterocycles. The van der Waals surface area contributed by atoms with Crippen molar-refractivity contribution in [2.75, 3.05) is 48.3 Å². The molecule has 2 aliphatic heterocycles. The molecule has 4 atom stereocenters. The van der Waals surface area contributed by atoms with Crippen molar-refractivity contribution in [3.05, 3.63) is 65.5 Å². The topological polar surface area (TPSA) is 73.8 Å². The third-order valence-corrected chi connectivity index (χ3v) is 8.22. The largest absolute Gasteiger partial charge is 0.417 e. The minimum atomic E-state index is -4.97. The number of carbonyl (C=O) groups excluding carboxylic acids is 1. The van der Waals surface area contributed by atoms with Gasteiger partial charge in [0.15, 0.2) is 0 Å². The van der Waals surface area contributed by atoms with Crippen LogP contribution in [-0.4, -0.2) is 78.3 Å². The first-order chi connectivity index (χ1) is 20.7. The van der Waals surface area contributed by atoms with Gasteiger partial charge in [-0.1, -0.05) is 0 Å². The Morgan fingerprint density at radius 2 is 1.52 bits per heavy atom. The average Bonchev–Trinajstić information content (AvgIpc) is 2.95. The Labute approximate surface area is 252 Å². The fourth-order valence-electron chi connectivity index (χ4n) is 5.85. The molecule has 3 heterocycles. The minimum Gasteiger partial charge on any atom is -0.372 e. The molecule has 0 aliphatic carbocycles. The van der Waals surface area contributed by atoms with Crippen LogP contribution in [0.1, 0.15) is 43.6 Å². The Balaban J connectivity index is 1.53. The van der Waals surface area contributed by atoms with E-state index >= 15 is 4.39 Å². The molecule has 0 saturated carbocycles. The van der Waals surface area contributed by atoms with Crippen molar-refractivity contribution in [1.29, 1.82) is 0 Å². The Morgan fingerprint density at radius 1 is 0.909 bits per heavy atom. The van der Waals surface area contributed by atoms with Gasteiger partial charge in [-0.2, -0.15) is 13.2 Å². The van der Waals surface area contributed by atoms with Crippen molar-refractivity contribution in [2.24, 2.45) is 0 Å². The number of morpholine rings is 1. The van der Waals surface area contributed by atoms with Gasteiger partial charge in [0, 0.05) is 61.8 Å². The molecule has 1 N–H and O–H groups in total. The number of carbonyl (C=O) groups is 1. The van der Waals surface area contributed by atoms with Gasteiger partial charge in [-0.25, -0.2) is 18.7 Å². The summed E-state index contributed by atoms with van der Waals surface area (Å²) in [6.07, 6.45) is -2.06. The molecular weight excluding hydrogens is 583 g/mol. The van der Waals surface area contributed by atoms with E-state index < -0.39 is 34.8 Å². The van der Waals surface area contributed by atoms with E-state index in [2.05, 4.69) is 20.2 Å². The van der Waals surface area contributed by atoms with Crippen LogP contribution in [0.25, 0.3) is 11.1 Å². The van der Waals surface area contributed by atoms with Crippen molar-refractivity contribution >= 4 is 23.2 Å². The van der Waals surface area contributed by atoms with Gasteiger partial charge in [0.25, 0.3) is 5.91 Å². The van der Waals surface area contributed by atoms with Crippen molar-refractivity contribution in [3.63, 3.8) is 0 Å². The molecule has 0 bridgehead atoms. The number of aromatic nitrogens is 2. The second-order valence-electron chi connectivity index (χ2n) is 11.7.